The Morgan fingerprint density at radius 3 is 2.64 bits per heavy atom. The molecule has 2 aromatic rings. The fourth-order valence-electron chi connectivity index (χ4n) is 5.15. The molecular weight excluding hydrogens is 511 g/mol. The maximum atomic E-state index is 13.4. The lowest BCUT2D eigenvalue weighted by Gasteiger charge is -2.45. The van der Waals surface area contributed by atoms with E-state index in [-0.39, 0.29) is 11.7 Å². The molecule has 0 radical (unpaired) electrons. The van der Waals surface area contributed by atoms with Gasteiger partial charge in [0.05, 0.1) is 18.8 Å². The summed E-state index contributed by atoms with van der Waals surface area (Å²) in [5.74, 6) is -0.0576. The lowest BCUT2D eigenvalue weighted by Crippen LogP contribution is -2.66. The number of aliphatic imine (C=N–C) groups is 1. The summed E-state index contributed by atoms with van der Waals surface area (Å²) in [7, 11) is 0. The number of amides is 1. The normalized spacial score (nSPS) is 23.1. The van der Waals surface area contributed by atoms with E-state index in [0.29, 0.717) is 51.7 Å². The zero-order chi connectivity index (χ0) is 27.5. The maximum absolute atomic E-state index is 13.4. The summed E-state index contributed by atoms with van der Waals surface area (Å²) in [5.41, 5.74) is 0.585. The number of nitrogens with zero attached hydrogens (tertiary/aromatic N) is 3. The fraction of sp³-hybridized carbons (Fsp3) is 0.464. The van der Waals surface area contributed by atoms with Crippen molar-refractivity contribution in [2.24, 2.45) is 4.99 Å². The highest BCUT2D eigenvalue weighted by molar-refractivity contribution is 5.98. The molecule has 11 heteroatoms. The molecule has 2 fully saturated rings. The van der Waals surface area contributed by atoms with E-state index in [4.69, 9.17) is 9.47 Å². The molecule has 3 aliphatic heterocycles. The standard InChI is InChI=1S/C28H32F3N5O3/c1-19-24(21-5-6-25(33-17-21)39-23-7-13-38-14-8-23)16-27(18-34-19,36-11-9-32-10-12-36)35-26(37)20-3-2-4-22(15-20)28(29,30)31/h2-6,15,17-18,23,32H,7-14,16H2,1H3,(H,35,37). The lowest BCUT2D eigenvalue weighted by atomic mass is 9.89. The van der Waals surface area contributed by atoms with Crippen molar-refractivity contribution in [3.8, 4) is 5.88 Å². The second kappa shape index (κ2) is 11.4. The van der Waals surface area contributed by atoms with E-state index in [0.717, 1.165) is 41.8 Å². The van der Waals surface area contributed by atoms with Gasteiger partial charge in [-0.2, -0.15) is 13.2 Å². The van der Waals surface area contributed by atoms with Crippen molar-refractivity contribution < 1.29 is 27.4 Å². The van der Waals surface area contributed by atoms with Gasteiger partial charge in [0.15, 0.2) is 0 Å². The van der Waals surface area contributed by atoms with E-state index in [9.17, 15) is 18.0 Å². The molecule has 8 nitrogen and oxygen atoms in total. The van der Waals surface area contributed by atoms with Gasteiger partial charge >= 0.3 is 6.18 Å². The minimum atomic E-state index is -4.54. The number of benzene rings is 1. The number of hydrogen-bond donors (Lipinski definition) is 2. The maximum Gasteiger partial charge on any atom is 0.416 e. The molecule has 1 aromatic carbocycles. The topological polar surface area (TPSA) is 88.1 Å². The highest BCUT2D eigenvalue weighted by Gasteiger charge is 2.41. The second-order valence-corrected chi connectivity index (χ2v) is 10.0. The Morgan fingerprint density at radius 1 is 1.18 bits per heavy atom. The monoisotopic (exact) mass is 543 g/mol. The van der Waals surface area contributed by atoms with Gasteiger partial charge in [-0.1, -0.05) is 6.07 Å². The van der Waals surface area contributed by atoms with Gasteiger partial charge in [-0.25, -0.2) is 4.98 Å². The van der Waals surface area contributed by atoms with Crippen molar-refractivity contribution in [1.82, 2.24) is 20.5 Å². The number of carbonyl (C=O) groups excluding carboxylic acids is 1. The van der Waals surface area contributed by atoms with Crippen LogP contribution in [0.2, 0.25) is 0 Å². The van der Waals surface area contributed by atoms with Crippen LogP contribution in [0.5, 0.6) is 5.88 Å². The van der Waals surface area contributed by atoms with Crippen molar-refractivity contribution in [2.45, 2.75) is 44.1 Å². The quantitative estimate of drug-likeness (QED) is 0.575. The summed E-state index contributed by atoms with van der Waals surface area (Å²) in [5, 5.41) is 6.34. The Bertz CT molecular complexity index is 1240. The Hall–Kier alpha value is -3.28. The third-order valence-electron chi connectivity index (χ3n) is 7.36. The largest absolute Gasteiger partial charge is 0.474 e. The van der Waals surface area contributed by atoms with Crippen LogP contribution in [0.3, 0.4) is 0 Å². The molecule has 1 atom stereocenters. The van der Waals surface area contributed by atoms with Crippen molar-refractivity contribution in [2.75, 3.05) is 39.4 Å². The molecule has 3 aliphatic rings. The van der Waals surface area contributed by atoms with Crippen molar-refractivity contribution in [1.29, 1.82) is 0 Å². The van der Waals surface area contributed by atoms with Gasteiger partial charge in [-0.15, -0.1) is 0 Å². The summed E-state index contributed by atoms with van der Waals surface area (Å²) in [6, 6.07) is 8.23. The third-order valence-corrected chi connectivity index (χ3v) is 7.36. The SMILES string of the molecule is CC1=C(c2ccc(OC3CCOCC3)nc2)CC(NC(=O)c2cccc(C(F)(F)F)c2)(N2CCNCC2)C=N1. The number of halogens is 3. The number of ether oxygens (including phenoxy) is 2. The first-order chi connectivity index (χ1) is 18.7. The number of aromatic nitrogens is 1. The molecule has 39 heavy (non-hydrogen) atoms. The molecule has 2 saturated heterocycles. The van der Waals surface area contributed by atoms with Gasteiger partial charge in [0, 0.05) is 75.2 Å². The molecule has 0 aliphatic carbocycles. The van der Waals surface area contributed by atoms with Crippen LogP contribution in [0.4, 0.5) is 13.2 Å². The van der Waals surface area contributed by atoms with Gasteiger partial charge in [0.1, 0.15) is 11.8 Å². The predicted molar refractivity (Wildman–Crippen MR) is 140 cm³/mol. The first kappa shape index (κ1) is 27.3. The van der Waals surface area contributed by atoms with Gasteiger partial charge in [0.25, 0.3) is 5.91 Å². The molecule has 5 rings (SSSR count). The molecule has 2 N–H and O–H groups in total. The zero-order valence-corrected chi connectivity index (χ0v) is 21.8. The highest BCUT2D eigenvalue weighted by atomic mass is 19.4. The van der Waals surface area contributed by atoms with Crippen molar-refractivity contribution >= 4 is 17.7 Å². The van der Waals surface area contributed by atoms with Crippen LogP contribution in [0, 0.1) is 0 Å². The number of nitrogens with one attached hydrogen (secondary N) is 2. The average molecular weight is 544 g/mol. The molecule has 0 bridgehead atoms. The van der Waals surface area contributed by atoms with Crippen molar-refractivity contribution in [3.05, 3.63) is 65.0 Å². The van der Waals surface area contributed by atoms with E-state index in [1.165, 1.54) is 12.1 Å². The molecule has 0 spiro atoms. The molecule has 4 heterocycles. The van der Waals surface area contributed by atoms with E-state index in [1.54, 1.807) is 12.4 Å². The van der Waals surface area contributed by atoms with Gasteiger partial charge in [-0.05, 0) is 42.3 Å². The molecule has 208 valence electrons. The number of carbonyl (C=O) groups is 1. The number of rotatable bonds is 6. The van der Waals surface area contributed by atoms with E-state index in [2.05, 4.69) is 25.5 Å². The smallest absolute Gasteiger partial charge is 0.416 e. The fourth-order valence-corrected chi connectivity index (χ4v) is 5.15. The molecule has 1 aromatic heterocycles. The van der Waals surface area contributed by atoms with Gasteiger partial charge < -0.3 is 20.1 Å². The third kappa shape index (κ3) is 6.32. The minimum Gasteiger partial charge on any atom is -0.474 e. The Kier molecular flexibility index (Phi) is 8.01. The predicted octanol–water partition coefficient (Wildman–Crippen LogP) is 3.90. The summed E-state index contributed by atoms with van der Waals surface area (Å²) in [6.45, 7) is 5.95. The molecule has 0 saturated carbocycles. The minimum absolute atomic E-state index is 0.0585. The number of allylic oxidation sites excluding steroid dienone is 1. The summed E-state index contributed by atoms with van der Waals surface area (Å²) in [6.07, 6.45) is 1.00. The molecule has 1 unspecified atom stereocenters. The Labute approximate surface area is 225 Å². The highest BCUT2D eigenvalue weighted by Crippen LogP contribution is 2.35. The molecule has 1 amide bonds. The van der Waals surface area contributed by atoms with Crippen LogP contribution in [-0.4, -0.2) is 73.2 Å². The average Bonchev–Trinajstić information content (AvgIpc) is 2.95. The lowest BCUT2D eigenvalue weighted by molar-refractivity contribution is -0.137. The van der Waals surface area contributed by atoms with Crippen LogP contribution < -0.4 is 15.4 Å². The summed E-state index contributed by atoms with van der Waals surface area (Å²) >= 11 is 0. The van der Waals surface area contributed by atoms with Crippen LogP contribution >= 0.6 is 0 Å². The second-order valence-electron chi connectivity index (χ2n) is 10.0. The zero-order valence-electron chi connectivity index (χ0n) is 21.8. The number of hydrogen-bond acceptors (Lipinski definition) is 7. The van der Waals surface area contributed by atoms with Crippen LogP contribution in [0.1, 0.15) is 47.7 Å². The van der Waals surface area contributed by atoms with E-state index >= 15 is 0 Å². The van der Waals surface area contributed by atoms with E-state index in [1.807, 2.05) is 19.1 Å². The van der Waals surface area contributed by atoms with Crippen LogP contribution in [-0.2, 0) is 10.9 Å². The Morgan fingerprint density at radius 2 is 1.95 bits per heavy atom. The van der Waals surface area contributed by atoms with Gasteiger partial charge in [-0.3, -0.25) is 14.7 Å². The summed E-state index contributed by atoms with van der Waals surface area (Å²) < 4.78 is 51.3. The number of pyridine rings is 1. The van der Waals surface area contributed by atoms with Gasteiger partial charge in [0.2, 0.25) is 5.88 Å². The van der Waals surface area contributed by atoms with Crippen molar-refractivity contribution in [3.63, 3.8) is 0 Å². The first-order valence-electron chi connectivity index (χ1n) is 13.1. The summed E-state index contributed by atoms with van der Waals surface area (Å²) in [4.78, 5) is 24.7. The molecular formula is C28H32F3N5O3. The number of piperazine rings is 1. The van der Waals surface area contributed by atoms with Crippen LogP contribution in [0.15, 0.2) is 53.3 Å². The number of alkyl halides is 3. The van der Waals surface area contributed by atoms with Crippen LogP contribution in [0.25, 0.3) is 5.57 Å². The Balaban J connectivity index is 1.39. The first-order valence-corrected chi connectivity index (χ1v) is 13.1. The van der Waals surface area contributed by atoms with E-state index < -0.39 is 23.3 Å².